The van der Waals surface area contributed by atoms with Crippen molar-refractivity contribution in [3.8, 4) is 11.3 Å². The molecular formula is C26H21N3O4. The van der Waals surface area contributed by atoms with Gasteiger partial charge >= 0.3 is 0 Å². The van der Waals surface area contributed by atoms with Crippen LogP contribution in [0.15, 0.2) is 88.0 Å². The van der Waals surface area contributed by atoms with Gasteiger partial charge < -0.3 is 19.0 Å². The van der Waals surface area contributed by atoms with Crippen LogP contribution in [0.3, 0.4) is 0 Å². The molecule has 5 rings (SSSR count). The maximum Gasteiger partial charge on any atom is 0.259 e. The number of hydrogen-bond donors (Lipinski definition) is 1. The van der Waals surface area contributed by atoms with E-state index in [0.29, 0.717) is 47.0 Å². The molecule has 7 heteroatoms. The van der Waals surface area contributed by atoms with Crippen LogP contribution in [-0.2, 0) is 18.0 Å². The van der Waals surface area contributed by atoms with Gasteiger partial charge in [0.1, 0.15) is 12.4 Å². The van der Waals surface area contributed by atoms with Crippen LogP contribution in [0.25, 0.3) is 22.4 Å². The Morgan fingerprint density at radius 3 is 2.70 bits per heavy atom. The van der Waals surface area contributed by atoms with E-state index in [2.05, 4.69) is 15.5 Å². The van der Waals surface area contributed by atoms with E-state index >= 15 is 0 Å². The second-order valence-corrected chi connectivity index (χ2v) is 7.60. The van der Waals surface area contributed by atoms with Gasteiger partial charge in [-0.25, -0.2) is 4.98 Å². The summed E-state index contributed by atoms with van der Waals surface area (Å²) in [5.74, 6) is 0.499. The zero-order valence-electron chi connectivity index (χ0n) is 17.9. The van der Waals surface area contributed by atoms with Gasteiger partial charge in [0.15, 0.2) is 0 Å². The molecule has 0 aliphatic heterocycles. The number of nitrogens with zero attached hydrogens (tertiary/aromatic N) is 2. The lowest BCUT2D eigenvalue weighted by Crippen LogP contribution is -2.13. The Balaban J connectivity index is 1.38. The second kappa shape index (κ2) is 9.10. The first-order chi connectivity index (χ1) is 16.2. The Kier molecular flexibility index (Phi) is 5.70. The third-order valence-corrected chi connectivity index (χ3v) is 5.21. The van der Waals surface area contributed by atoms with Crippen LogP contribution in [0, 0.1) is 6.92 Å². The molecule has 1 N–H and O–H groups in total. The molecule has 0 aliphatic carbocycles. The molecular weight excluding hydrogens is 418 g/mol. The summed E-state index contributed by atoms with van der Waals surface area (Å²) in [4.78, 5) is 17.8. The van der Waals surface area contributed by atoms with Crippen LogP contribution in [0.4, 0.5) is 5.69 Å². The monoisotopic (exact) mass is 439 g/mol. The molecule has 3 heterocycles. The third kappa shape index (κ3) is 4.53. The average molecular weight is 439 g/mol. The molecule has 0 fully saturated rings. The fourth-order valence-electron chi connectivity index (χ4n) is 3.63. The van der Waals surface area contributed by atoms with Crippen molar-refractivity contribution in [2.75, 3.05) is 5.32 Å². The number of anilines is 1. The lowest BCUT2D eigenvalue weighted by atomic mass is 10.0. The predicted molar refractivity (Wildman–Crippen MR) is 124 cm³/mol. The van der Waals surface area contributed by atoms with Gasteiger partial charge in [-0.3, -0.25) is 4.79 Å². The average Bonchev–Trinajstić information content (AvgIpc) is 3.49. The number of carbonyl (C=O) groups is 1. The molecule has 33 heavy (non-hydrogen) atoms. The van der Waals surface area contributed by atoms with Crippen molar-refractivity contribution in [2.24, 2.45) is 0 Å². The highest BCUT2D eigenvalue weighted by atomic mass is 16.5. The maximum absolute atomic E-state index is 13.3. The number of nitrogens with one attached hydrogen (secondary N) is 1. The summed E-state index contributed by atoms with van der Waals surface area (Å²) in [7, 11) is 0. The molecule has 0 unspecified atom stereocenters. The number of pyridine rings is 1. The largest absolute Gasteiger partial charge is 0.467 e. The van der Waals surface area contributed by atoms with Crippen molar-refractivity contribution in [3.05, 3.63) is 102 Å². The van der Waals surface area contributed by atoms with E-state index in [0.717, 1.165) is 16.9 Å². The normalized spacial score (nSPS) is 11.1. The Morgan fingerprint density at radius 2 is 1.88 bits per heavy atom. The number of aryl methyl sites for hydroxylation is 1. The van der Waals surface area contributed by atoms with Crippen molar-refractivity contribution in [1.29, 1.82) is 0 Å². The topological polar surface area (TPSA) is 90.4 Å². The molecule has 0 aliphatic rings. The summed E-state index contributed by atoms with van der Waals surface area (Å²) in [5.41, 5.74) is 4.53. The maximum atomic E-state index is 13.3. The number of furan rings is 1. The van der Waals surface area contributed by atoms with Crippen LogP contribution >= 0.6 is 0 Å². The van der Waals surface area contributed by atoms with Gasteiger partial charge in [-0.15, -0.1) is 0 Å². The number of rotatable bonds is 7. The van der Waals surface area contributed by atoms with Gasteiger partial charge in [0.05, 0.1) is 35.2 Å². The third-order valence-electron chi connectivity index (χ3n) is 5.21. The van der Waals surface area contributed by atoms with Crippen molar-refractivity contribution in [3.63, 3.8) is 0 Å². The zero-order chi connectivity index (χ0) is 22.6. The van der Waals surface area contributed by atoms with Crippen LogP contribution in [0.2, 0.25) is 0 Å². The number of benzene rings is 2. The van der Waals surface area contributed by atoms with Gasteiger partial charge in [-0.05, 0) is 42.8 Å². The van der Waals surface area contributed by atoms with E-state index in [1.165, 1.54) is 0 Å². The lowest BCUT2D eigenvalue weighted by Gasteiger charge is -2.10. The lowest BCUT2D eigenvalue weighted by molar-refractivity contribution is 0.0929. The smallest absolute Gasteiger partial charge is 0.259 e. The predicted octanol–water partition coefficient (Wildman–Crippen LogP) is 5.76. The molecule has 0 radical (unpaired) electrons. The first-order valence-corrected chi connectivity index (χ1v) is 10.5. The molecule has 3 aromatic heterocycles. The van der Waals surface area contributed by atoms with Crippen LogP contribution in [-0.4, -0.2) is 16.0 Å². The van der Waals surface area contributed by atoms with Crippen molar-refractivity contribution in [2.45, 2.75) is 20.1 Å². The van der Waals surface area contributed by atoms with Crippen molar-refractivity contribution < 1.29 is 18.5 Å². The van der Waals surface area contributed by atoms with E-state index < -0.39 is 0 Å². The van der Waals surface area contributed by atoms with Crippen LogP contribution < -0.4 is 5.32 Å². The Labute approximate surface area is 190 Å². The van der Waals surface area contributed by atoms with Crippen molar-refractivity contribution in [1.82, 2.24) is 10.1 Å². The Hall–Kier alpha value is -4.23. The summed E-state index contributed by atoms with van der Waals surface area (Å²) < 4.78 is 16.4. The van der Waals surface area contributed by atoms with E-state index in [1.807, 2.05) is 66.7 Å². The highest BCUT2D eigenvalue weighted by Gasteiger charge is 2.19. The SMILES string of the molecule is Cc1noc2nc(-c3ccccc3)cc(C(=O)Nc3cccc(COCc4ccco4)c3)c12. The van der Waals surface area contributed by atoms with Gasteiger partial charge in [0.2, 0.25) is 0 Å². The highest BCUT2D eigenvalue weighted by Crippen LogP contribution is 2.27. The van der Waals surface area contributed by atoms with E-state index in [1.54, 1.807) is 19.3 Å². The minimum absolute atomic E-state index is 0.264. The molecule has 0 saturated heterocycles. The molecule has 7 nitrogen and oxygen atoms in total. The van der Waals surface area contributed by atoms with Crippen LogP contribution in [0.1, 0.15) is 27.4 Å². The zero-order valence-corrected chi connectivity index (χ0v) is 17.9. The summed E-state index contributed by atoms with van der Waals surface area (Å²) in [5, 5.41) is 7.59. The number of carbonyl (C=O) groups excluding carboxylic acids is 1. The fraction of sp³-hybridized carbons (Fsp3) is 0.115. The number of fused-ring (bicyclic) bond motifs is 1. The molecule has 0 spiro atoms. The van der Waals surface area contributed by atoms with Gasteiger partial charge in [0.25, 0.3) is 11.6 Å². The molecule has 0 atom stereocenters. The first kappa shape index (κ1) is 20.7. The molecule has 0 bridgehead atoms. The van der Waals surface area contributed by atoms with E-state index in [-0.39, 0.29) is 5.91 Å². The van der Waals surface area contributed by atoms with Crippen LogP contribution in [0.5, 0.6) is 0 Å². The minimum Gasteiger partial charge on any atom is -0.467 e. The minimum atomic E-state index is -0.264. The van der Waals surface area contributed by atoms with E-state index in [4.69, 9.17) is 13.7 Å². The molecule has 1 amide bonds. The number of amides is 1. The quantitative estimate of drug-likeness (QED) is 0.347. The number of hydrogen-bond acceptors (Lipinski definition) is 6. The molecule has 164 valence electrons. The Bertz CT molecular complexity index is 1390. The Morgan fingerprint density at radius 1 is 1.00 bits per heavy atom. The summed E-state index contributed by atoms with van der Waals surface area (Å²) in [6, 6.07) is 22.7. The van der Waals surface area contributed by atoms with E-state index in [9.17, 15) is 4.79 Å². The molecule has 5 aromatic rings. The fourth-order valence-corrected chi connectivity index (χ4v) is 3.63. The summed E-state index contributed by atoms with van der Waals surface area (Å²) >= 11 is 0. The molecule has 2 aromatic carbocycles. The molecule has 0 saturated carbocycles. The highest BCUT2D eigenvalue weighted by molar-refractivity contribution is 6.13. The van der Waals surface area contributed by atoms with Gasteiger partial charge in [0, 0.05) is 11.3 Å². The van der Waals surface area contributed by atoms with Crippen molar-refractivity contribution >= 4 is 22.7 Å². The first-order valence-electron chi connectivity index (χ1n) is 10.5. The summed E-state index contributed by atoms with van der Waals surface area (Å²) in [6.07, 6.45) is 1.62. The van der Waals surface area contributed by atoms with Gasteiger partial charge in [-0.2, -0.15) is 0 Å². The number of aromatic nitrogens is 2. The number of ether oxygens (including phenoxy) is 1. The second-order valence-electron chi connectivity index (χ2n) is 7.60. The van der Waals surface area contributed by atoms with Gasteiger partial charge in [-0.1, -0.05) is 47.6 Å². The summed E-state index contributed by atoms with van der Waals surface area (Å²) in [6.45, 7) is 2.57. The standard InChI is InChI=1S/C26H21N3O4/c1-17-24-22(14-23(28-26(24)33-29-17)19-8-3-2-4-9-19)25(30)27-20-10-5-7-18(13-20)15-31-16-21-11-6-12-32-21/h2-14H,15-16H2,1H3,(H,27,30).